The van der Waals surface area contributed by atoms with Crippen LogP contribution in [0.5, 0.6) is 0 Å². The number of para-hydroxylation sites is 1. The van der Waals surface area contributed by atoms with Gasteiger partial charge < -0.3 is 5.32 Å². The molecule has 0 aliphatic heterocycles. The average Bonchev–Trinajstić information content (AvgIpc) is 2.56. The molecule has 0 spiro atoms. The van der Waals surface area contributed by atoms with Gasteiger partial charge in [-0.05, 0) is 18.1 Å². The molecule has 0 fully saturated rings. The van der Waals surface area contributed by atoms with E-state index >= 15 is 0 Å². The zero-order valence-corrected chi connectivity index (χ0v) is 13.2. The molecule has 1 N–H and O–H groups in total. The maximum atomic E-state index is 4.34. The molecule has 1 aromatic heterocycles. The predicted octanol–water partition coefficient (Wildman–Crippen LogP) is 4.87. The minimum atomic E-state index is 0. The Morgan fingerprint density at radius 2 is 1.64 bits per heavy atom. The highest BCUT2D eigenvalue weighted by atomic mass is 35.5. The molecule has 0 saturated heterocycles. The van der Waals surface area contributed by atoms with E-state index in [9.17, 15) is 0 Å². The third-order valence-corrected chi connectivity index (χ3v) is 3.40. The fraction of sp³-hybridized carbons (Fsp3) is 0.111. The van der Waals surface area contributed by atoms with Gasteiger partial charge in [0, 0.05) is 17.3 Å². The van der Waals surface area contributed by atoms with Crippen LogP contribution in [-0.4, -0.2) is 9.97 Å². The highest BCUT2D eigenvalue weighted by Gasteiger charge is 2.04. The van der Waals surface area contributed by atoms with Gasteiger partial charge in [-0.3, -0.25) is 0 Å². The Kier molecular flexibility index (Phi) is 5.50. The lowest BCUT2D eigenvalue weighted by molar-refractivity contribution is 1.13. The van der Waals surface area contributed by atoms with Crippen molar-refractivity contribution in [2.45, 2.75) is 13.3 Å². The Hall–Kier alpha value is -2.39. The maximum absolute atomic E-state index is 4.34. The summed E-state index contributed by atoms with van der Waals surface area (Å²) in [5, 5.41) is 3.38. The van der Waals surface area contributed by atoms with Crippen LogP contribution < -0.4 is 5.32 Å². The molecule has 0 saturated carbocycles. The molecule has 112 valence electrons. The summed E-state index contributed by atoms with van der Waals surface area (Å²) < 4.78 is 0. The molecule has 0 unspecified atom stereocenters. The summed E-state index contributed by atoms with van der Waals surface area (Å²) in [6, 6.07) is 20.4. The summed E-state index contributed by atoms with van der Waals surface area (Å²) in [4.78, 5) is 8.66. The summed E-state index contributed by atoms with van der Waals surface area (Å²) in [6.07, 6.45) is 2.58. The van der Waals surface area contributed by atoms with Gasteiger partial charge in [-0.1, -0.05) is 55.5 Å². The number of halogens is 1. The van der Waals surface area contributed by atoms with Gasteiger partial charge >= 0.3 is 0 Å². The van der Waals surface area contributed by atoms with E-state index in [-0.39, 0.29) is 12.4 Å². The molecular formula is C18H18ClN3. The van der Waals surface area contributed by atoms with E-state index in [4.69, 9.17) is 0 Å². The number of aryl methyl sites for hydroxylation is 1. The van der Waals surface area contributed by atoms with Gasteiger partial charge in [-0.25, -0.2) is 9.97 Å². The molecule has 1 heterocycles. The normalized spacial score (nSPS) is 9.86. The van der Waals surface area contributed by atoms with E-state index in [2.05, 4.69) is 40.4 Å². The van der Waals surface area contributed by atoms with E-state index in [0.29, 0.717) is 0 Å². The first-order valence-corrected chi connectivity index (χ1v) is 7.09. The highest BCUT2D eigenvalue weighted by molar-refractivity contribution is 5.85. The van der Waals surface area contributed by atoms with E-state index in [1.54, 1.807) is 6.33 Å². The van der Waals surface area contributed by atoms with Crippen LogP contribution in [0.25, 0.3) is 11.3 Å². The van der Waals surface area contributed by atoms with Gasteiger partial charge in [0.05, 0.1) is 5.69 Å². The van der Waals surface area contributed by atoms with Gasteiger partial charge in [0.1, 0.15) is 12.1 Å². The van der Waals surface area contributed by atoms with Crippen molar-refractivity contribution < 1.29 is 0 Å². The van der Waals surface area contributed by atoms with Crippen LogP contribution in [0.3, 0.4) is 0 Å². The lowest BCUT2D eigenvalue weighted by Crippen LogP contribution is -1.98. The highest BCUT2D eigenvalue weighted by Crippen LogP contribution is 2.23. The fourth-order valence-electron chi connectivity index (χ4n) is 2.28. The minimum absolute atomic E-state index is 0. The molecule has 0 amide bonds. The SMILES string of the molecule is CCc1ccccc1Nc1cc(-c2ccccc2)ncn1.Cl. The van der Waals surface area contributed by atoms with Gasteiger partial charge in [-0.15, -0.1) is 12.4 Å². The van der Waals surface area contributed by atoms with Crippen molar-refractivity contribution in [3.63, 3.8) is 0 Å². The van der Waals surface area contributed by atoms with Crippen molar-refractivity contribution >= 4 is 23.9 Å². The van der Waals surface area contributed by atoms with Crippen molar-refractivity contribution in [2.75, 3.05) is 5.32 Å². The summed E-state index contributed by atoms with van der Waals surface area (Å²) in [5.74, 6) is 0.810. The number of nitrogens with one attached hydrogen (secondary N) is 1. The van der Waals surface area contributed by atoms with Crippen LogP contribution in [0, 0.1) is 0 Å². The number of nitrogens with zero attached hydrogens (tertiary/aromatic N) is 2. The minimum Gasteiger partial charge on any atom is -0.340 e. The van der Waals surface area contributed by atoms with Crippen molar-refractivity contribution in [1.82, 2.24) is 9.97 Å². The molecule has 0 radical (unpaired) electrons. The van der Waals surface area contributed by atoms with Crippen molar-refractivity contribution in [2.24, 2.45) is 0 Å². The molecule has 0 bridgehead atoms. The Balaban J connectivity index is 0.00000176. The van der Waals surface area contributed by atoms with E-state index in [1.165, 1.54) is 5.56 Å². The molecule has 3 nitrogen and oxygen atoms in total. The molecule has 3 rings (SSSR count). The lowest BCUT2D eigenvalue weighted by atomic mass is 10.1. The second-order valence-corrected chi connectivity index (χ2v) is 4.79. The van der Waals surface area contributed by atoms with Gasteiger partial charge in [0.25, 0.3) is 0 Å². The van der Waals surface area contributed by atoms with Crippen molar-refractivity contribution in [1.29, 1.82) is 0 Å². The second-order valence-electron chi connectivity index (χ2n) is 4.79. The number of hydrogen-bond acceptors (Lipinski definition) is 3. The molecule has 3 aromatic rings. The number of hydrogen-bond donors (Lipinski definition) is 1. The zero-order chi connectivity index (χ0) is 14.5. The predicted molar refractivity (Wildman–Crippen MR) is 93.8 cm³/mol. The fourth-order valence-corrected chi connectivity index (χ4v) is 2.28. The smallest absolute Gasteiger partial charge is 0.134 e. The first-order valence-electron chi connectivity index (χ1n) is 7.09. The first kappa shape index (κ1) is 16.0. The molecule has 2 aromatic carbocycles. The quantitative estimate of drug-likeness (QED) is 0.747. The Morgan fingerprint density at radius 3 is 2.41 bits per heavy atom. The second kappa shape index (κ2) is 7.57. The van der Waals surface area contributed by atoms with Crippen molar-refractivity contribution in [3.8, 4) is 11.3 Å². The largest absolute Gasteiger partial charge is 0.340 e. The third-order valence-electron chi connectivity index (χ3n) is 3.40. The Labute approximate surface area is 136 Å². The van der Waals surface area contributed by atoms with E-state index in [0.717, 1.165) is 29.2 Å². The molecular weight excluding hydrogens is 294 g/mol. The van der Waals surface area contributed by atoms with E-state index < -0.39 is 0 Å². The topological polar surface area (TPSA) is 37.8 Å². The maximum Gasteiger partial charge on any atom is 0.134 e. The van der Waals surface area contributed by atoms with Crippen LogP contribution in [-0.2, 0) is 6.42 Å². The molecule has 0 aliphatic carbocycles. The molecule has 0 atom stereocenters. The third kappa shape index (κ3) is 3.62. The summed E-state index contributed by atoms with van der Waals surface area (Å²) in [5.41, 5.74) is 4.38. The van der Waals surface area contributed by atoms with Crippen LogP contribution in [0.2, 0.25) is 0 Å². The van der Waals surface area contributed by atoms with Crippen LogP contribution in [0.4, 0.5) is 11.5 Å². The van der Waals surface area contributed by atoms with Crippen LogP contribution >= 0.6 is 12.4 Å². The van der Waals surface area contributed by atoms with Gasteiger partial charge in [0.2, 0.25) is 0 Å². The summed E-state index contributed by atoms with van der Waals surface area (Å²) in [6.45, 7) is 2.15. The number of rotatable bonds is 4. The summed E-state index contributed by atoms with van der Waals surface area (Å²) >= 11 is 0. The number of anilines is 2. The van der Waals surface area contributed by atoms with E-state index in [1.807, 2.05) is 42.5 Å². The van der Waals surface area contributed by atoms with Gasteiger partial charge in [0.15, 0.2) is 0 Å². The molecule has 22 heavy (non-hydrogen) atoms. The number of benzene rings is 2. The lowest BCUT2D eigenvalue weighted by Gasteiger charge is -2.10. The molecule has 0 aliphatic rings. The first-order chi connectivity index (χ1) is 10.4. The number of aromatic nitrogens is 2. The van der Waals surface area contributed by atoms with Gasteiger partial charge in [-0.2, -0.15) is 0 Å². The van der Waals surface area contributed by atoms with Crippen LogP contribution in [0.15, 0.2) is 67.0 Å². The van der Waals surface area contributed by atoms with Crippen molar-refractivity contribution in [3.05, 3.63) is 72.6 Å². The van der Waals surface area contributed by atoms with Crippen LogP contribution in [0.1, 0.15) is 12.5 Å². The average molecular weight is 312 g/mol. The molecule has 4 heteroatoms. The Bertz CT molecular complexity index is 729. The Morgan fingerprint density at radius 1 is 0.909 bits per heavy atom. The monoisotopic (exact) mass is 311 g/mol. The standard InChI is InChI=1S/C18H17N3.ClH/c1-2-14-8-6-7-11-16(14)21-18-12-17(19-13-20-18)15-9-4-3-5-10-15;/h3-13H,2H2,1H3,(H,19,20,21);1H. The summed E-state index contributed by atoms with van der Waals surface area (Å²) in [7, 11) is 0. The zero-order valence-electron chi connectivity index (χ0n) is 12.4.